The molecule has 0 aromatic heterocycles. The Morgan fingerprint density at radius 2 is 1.67 bits per heavy atom. The van der Waals surface area contributed by atoms with Crippen molar-refractivity contribution < 1.29 is 0 Å². The summed E-state index contributed by atoms with van der Waals surface area (Å²) in [6.45, 7) is 10.5. The van der Waals surface area contributed by atoms with Crippen molar-refractivity contribution in [2.75, 3.05) is 19.6 Å². The first kappa shape index (κ1) is 15.3. The van der Waals surface area contributed by atoms with Gasteiger partial charge in [-0.15, -0.1) is 0 Å². The number of allylic oxidation sites excluding steroid dienone is 1. The molecule has 0 spiro atoms. The summed E-state index contributed by atoms with van der Waals surface area (Å²) in [4.78, 5) is 2.59. The van der Waals surface area contributed by atoms with Crippen molar-refractivity contribution in [2.45, 2.75) is 51.5 Å². The van der Waals surface area contributed by atoms with Gasteiger partial charge in [0.15, 0.2) is 0 Å². The van der Waals surface area contributed by atoms with Crippen LogP contribution in [-0.2, 0) is 0 Å². The molecule has 84 valence electrons. The van der Waals surface area contributed by atoms with Gasteiger partial charge in [-0.25, -0.2) is 0 Å². The Kier molecular flexibility index (Phi) is 11.0. The van der Waals surface area contributed by atoms with Crippen molar-refractivity contribution >= 4 is 17.7 Å². The third-order valence-corrected chi connectivity index (χ3v) is 2.91. The van der Waals surface area contributed by atoms with Gasteiger partial charge in [0, 0.05) is 0 Å². The van der Waals surface area contributed by atoms with E-state index in [1.54, 1.807) is 0 Å². The van der Waals surface area contributed by atoms with Gasteiger partial charge in [-0.1, -0.05) is 0 Å². The van der Waals surface area contributed by atoms with E-state index in [9.17, 15) is 0 Å². The van der Waals surface area contributed by atoms with E-state index in [0.717, 1.165) is 6.54 Å². The van der Waals surface area contributed by atoms with E-state index >= 15 is 0 Å². The van der Waals surface area contributed by atoms with Crippen LogP contribution in [0.4, 0.5) is 0 Å². The zero-order valence-corrected chi connectivity index (χ0v) is 11.2. The fourth-order valence-corrected chi connectivity index (χ4v) is 1.49. The number of hydrogen-bond donors (Lipinski definition) is 0. The third-order valence-electron chi connectivity index (χ3n) is 2.91. The van der Waals surface area contributed by atoms with E-state index in [1.807, 2.05) is 0 Å². The van der Waals surface area contributed by atoms with Crippen molar-refractivity contribution in [1.29, 1.82) is 0 Å². The average molecular weight is 203 g/mol. The molecule has 0 aliphatic heterocycles. The summed E-state index contributed by atoms with van der Waals surface area (Å²) in [6, 6.07) is 0. The van der Waals surface area contributed by atoms with Crippen LogP contribution in [0.2, 0.25) is 5.09 Å². The summed E-state index contributed by atoms with van der Waals surface area (Å²) in [5.74, 6) is 0. The van der Waals surface area contributed by atoms with Gasteiger partial charge in [-0.2, -0.15) is 0 Å². The van der Waals surface area contributed by atoms with Crippen LogP contribution >= 0.6 is 0 Å². The Balaban J connectivity index is 3.88. The molecule has 0 saturated heterocycles. The fraction of sp³-hybridized carbons (Fsp3) is 0.846. The van der Waals surface area contributed by atoms with Crippen molar-refractivity contribution in [3.05, 3.63) is 11.6 Å². The molecular weight excluding hydrogens is 177 g/mol. The number of unbranched alkanes of at least 4 members (excludes halogenated alkanes) is 2. The number of nitrogens with zero attached hydrogens (tertiary/aromatic N) is 1. The minimum absolute atomic E-state index is 1.15. The van der Waals surface area contributed by atoms with Crippen LogP contribution in [0.1, 0.15) is 46.5 Å². The topological polar surface area (TPSA) is 3.24 Å². The average Bonchev–Trinajstić information content (AvgIpc) is 2.27. The first-order valence-electron chi connectivity index (χ1n) is 6.62. The van der Waals surface area contributed by atoms with Gasteiger partial charge in [-0.3, -0.25) is 0 Å². The van der Waals surface area contributed by atoms with E-state index in [2.05, 4.69) is 49.5 Å². The van der Waals surface area contributed by atoms with Gasteiger partial charge >= 0.3 is 105 Å². The quantitative estimate of drug-likeness (QED) is 0.410. The molecule has 15 heavy (non-hydrogen) atoms. The zero-order chi connectivity index (χ0) is 11.5. The molecule has 2 heteroatoms. The predicted molar refractivity (Wildman–Crippen MR) is 70.6 cm³/mol. The zero-order valence-electron chi connectivity index (χ0n) is 11.2. The van der Waals surface area contributed by atoms with Gasteiger partial charge in [0.05, 0.1) is 0 Å². The Labute approximate surface area is 106 Å². The molecule has 0 unspecified atom stereocenters. The van der Waals surface area contributed by atoms with Gasteiger partial charge in [0.2, 0.25) is 0 Å². The van der Waals surface area contributed by atoms with Crippen LogP contribution < -0.4 is 0 Å². The third kappa shape index (κ3) is 9.24. The molecule has 0 aromatic carbocycles. The van der Waals surface area contributed by atoms with Crippen molar-refractivity contribution in [3.63, 3.8) is 0 Å². The monoisotopic (exact) mass is 203 g/mol. The minimum atomic E-state index is 1.15. The molecule has 0 saturated carbocycles. The maximum absolute atomic E-state index is 2.59. The van der Waals surface area contributed by atoms with E-state index in [0.29, 0.717) is 0 Å². The molecule has 0 amide bonds. The first-order chi connectivity index (χ1) is 7.24. The van der Waals surface area contributed by atoms with Crippen LogP contribution in [0.15, 0.2) is 11.6 Å². The van der Waals surface area contributed by atoms with E-state index in [1.165, 1.54) is 49.4 Å². The van der Waals surface area contributed by atoms with Crippen molar-refractivity contribution in [1.82, 2.24) is 4.90 Å². The van der Waals surface area contributed by atoms with Gasteiger partial charge in [0.1, 0.15) is 0 Å². The summed E-state index contributed by atoms with van der Waals surface area (Å²) in [6.07, 6.45) is 7.68. The summed E-state index contributed by atoms with van der Waals surface area (Å²) in [7, 11) is 0. The normalized spacial score (nSPS) is 12.5. The number of hydrogen-bond acceptors (Lipinski definition) is 1. The Hall–Kier alpha value is 0.297. The van der Waals surface area contributed by atoms with Crippen LogP contribution in [0.3, 0.4) is 0 Å². The second-order valence-electron chi connectivity index (χ2n) is 4.41. The molecule has 0 bridgehead atoms. The van der Waals surface area contributed by atoms with E-state index < -0.39 is 0 Å². The van der Waals surface area contributed by atoms with Crippen LogP contribution in [-0.4, -0.2) is 42.2 Å². The predicted octanol–water partition coefficient (Wildman–Crippen LogP) is 3.42. The molecule has 0 radical (unpaired) electrons. The van der Waals surface area contributed by atoms with Crippen LogP contribution in [0, 0.1) is 0 Å². The second-order valence-corrected chi connectivity index (χ2v) is 4.41. The molecule has 0 fully saturated rings. The van der Waals surface area contributed by atoms with Gasteiger partial charge < -0.3 is 0 Å². The molecule has 0 N–H and O–H groups in total. The SMILES string of the molecule is [Li][CH2]C(C)=CCN(CCCC)CCCC. The summed E-state index contributed by atoms with van der Waals surface area (Å²) in [5, 5.41) is 1.19. The Bertz CT molecular complexity index is 158. The van der Waals surface area contributed by atoms with E-state index in [-0.39, 0.29) is 0 Å². The summed E-state index contributed by atoms with van der Waals surface area (Å²) < 4.78 is 0. The Morgan fingerprint density at radius 1 is 1.13 bits per heavy atom. The van der Waals surface area contributed by atoms with Crippen LogP contribution in [0.5, 0.6) is 0 Å². The number of rotatable bonds is 9. The standard InChI is InChI=1S/C13H26N.Li/c1-5-7-10-14(11-8-6-2)12-9-13(3)4;/h9H,3,5-8,10-12H2,1-2,4H3;. The Morgan fingerprint density at radius 3 is 2.07 bits per heavy atom. The molecule has 0 aromatic rings. The molecule has 0 rings (SSSR count). The van der Waals surface area contributed by atoms with Gasteiger partial charge in [0.25, 0.3) is 0 Å². The van der Waals surface area contributed by atoms with Crippen molar-refractivity contribution in [2.24, 2.45) is 0 Å². The fourth-order valence-electron chi connectivity index (χ4n) is 1.49. The molecular formula is C13H26LiN. The molecule has 0 heterocycles. The molecule has 0 aliphatic carbocycles. The van der Waals surface area contributed by atoms with Crippen molar-refractivity contribution in [3.8, 4) is 0 Å². The molecule has 1 nitrogen and oxygen atoms in total. The maximum atomic E-state index is 2.59. The van der Waals surface area contributed by atoms with E-state index in [4.69, 9.17) is 0 Å². The second kappa shape index (κ2) is 10.8. The molecule has 0 atom stereocenters. The summed E-state index contributed by atoms with van der Waals surface area (Å²) in [5.41, 5.74) is 1.52. The molecule has 0 aliphatic rings. The summed E-state index contributed by atoms with van der Waals surface area (Å²) >= 11 is 2.23. The van der Waals surface area contributed by atoms with Crippen LogP contribution in [0.25, 0.3) is 0 Å². The van der Waals surface area contributed by atoms with Gasteiger partial charge in [-0.05, 0) is 0 Å². The first-order valence-corrected chi connectivity index (χ1v) is 6.62.